The number of nitrogens with one attached hydrogen (secondary N) is 1. The number of fused-ring (bicyclic) bond motifs is 1. The number of nitrogens with zero attached hydrogens (tertiary/aromatic N) is 3. The normalized spacial score (nSPS) is 14.1. The molecule has 1 aliphatic rings. The van der Waals surface area contributed by atoms with Crippen molar-refractivity contribution in [2.75, 3.05) is 6.54 Å². The second-order valence-corrected chi connectivity index (χ2v) is 6.88. The number of rotatable bonds is 2. The summed E-state index contributed by atoms with van der Waals surface area (Å²) >= 11 is 7.89. The molecule has 0 fully saturated rings. The molecule has 4 heterocycles. The van der Waals surface area contributed by atoms with Gasteiger partial charge in [-0.25, -0.2) is 9.97 Å². The molecule has 3 aromatic heterocycles. The minimum atomic E-state index is 0.502. The third-order valence-electron chi connectivity index (χ3n) is 3.90. The molecule has 0 amide bonds. The van der Waals surface area contributed by atoms with Gasteiger partial charge in [0, 0.05) is 36.9 Å². The Hall–Kier alpha value is -2.11. The Balaban J connectivity index is 1.90. The number of hydrogen-bond acceptors (Lipinski definition) is 4. The lowest BCUT2D eigenvalue weighted by Crippen LogP contribution is -2.08. The molecular formula is C17H15ClN4S. The summed E-state index contributed by atoms with van der Waals surface area (Å²) in [5.41, 5.74) is 4.06. The maximum Gasteiger partial charge on any atom is 0.131 e. The summed E-state index contributed by atoms with van der Waals surface area (Å²) in [4.78, 5) is 10.4. The number of aryl methyl sites for hydroxylation is 2. The van der Waals surface area contributed by atoms with E-state index in [1.165, 1.54) is 0 Å². The van der Waals surface area contributed by atoms with Crippen LogP contribution in [0, 0.1) is 6.92 Å². The van der Waals surface area contributed by atoms with Crippen LogP contribution in [0.15, 0.2) is 36.7 Å². The third kappa shape index (κ3) is 2.46. The highest BCUT2D eigenvalue weighted by Crippen LogP contribution is 2.37. The molecule has 0 aromatic carbocycles. The van der Waals surface area contributed by atoms with E-state index in [-0.39, 0.29) is 0 Å². The van der Waals surface area contributed by atoms with Crippen molar-refractivity contribution in [1.29, 1.82) is 0 Å². The van der Waals surface area contributed by atoms with E-state index in [4.69, 9.17) is 16.6 Å². The largest absolute Gasteiger partial charge is 0.387 e. The van der Waals surface area contributed by atoms with Gasteiger partial charge in [-0.05, 0) is 19.1 Å². The molecule has 3 aromatic rings. The second-order valence-electron chi connectivity index (χ2n) is 5.50. The van der Waals surface area contributed by atoms with Gasteiger partial charge in [0.2, 0.25) is 0 Å². The predicted molar refractivity (Wildman–Crippen MR) is 96.7 cm³/mol. The van der Waals surface area contributed by atoms with Crippen LogP contribution in [-0.2, 0) is 7.05 Å². The third-order valence-corrected chi connectivity index (χ3v) is 5.31. The molecule has 116 valence electrons. The minimum absolute atomic E-state index is 0.502. The first kappa shape index (κ1) is 14.5. The van der Waals surface area contributed by atoms with Crippen LogP contribution in [0.1, 0.15) is 10.7 Å². The Kier molecular flexibility index (Phi) is 3.47. The molecule has 0 spiro atoms. The zero-order valence-corrected chi connectivity index (χ0v) is 14.4. The minimum Gasteiger partial charge on any atom is -0.387 e. The van der Waals surface area contributed by atoms with E-state index in [0.717, 1.165) is 44.3 Å². The van der Waals surface area contributed by atoms with Crippen LogP contribution in [0.25, 0.3) is 27.0 Å². The van der Waals surface area contributed by atoms with E-state index in [1.807, 2.05) is 32.4 Å². The predicted octanol–water partition coefficient (Wildman–Crippen LogP) is 4.16. The van der Waals surface area contributed by atoms with E-state index in [1.54, 1.807) is 11.3 Å². The first-order valence-electron chi connectivity index (χ1n) is 7.33. The summed E-state index contributed by atoms with van der Waals surface area (Å²) in [5.74, 6) is 0. The Labute approximate surface area is 143 Å². The van der Waals surface area contributed by atoms with Crippen molar-refractivity contribution in [3.8, 4) is 10.6 Å². The van der Waals surface area contributed by atoms with Crippen molar-refractivity contribution < 1.29 is 0 Å². The van der Waals surface area contributed by atoms with Crippen molar-refractivity contribution in [2.24, 2.45) is 7.05 Å². The zero-order valence-electron chi connectivity index (χ0n) is 12.8. The monoisotopic (exact) mass is 342 g/mol. The van der Waals surface area contributed by atoms with E-state index in [0.29, 0.717) is 5.15 Å². The van der Waals surface area contributed by atoms with Crippen molar-refractivity contribution in [1.82, 2.24) is 19.9 Å². The Bertz CT molecular complexity index is 965. The Morgan fingerprint density at radius 1 is 1.35 bits per heavy atom. The Morgan fingerprint density at radius 3 is 3.00 bits per heavy atom. The van der Waals surface area contributed by atoms with Crippen LogP contribution >= 0.6 is 22.9 Å². The lowest BCUT2D eigenvalue weighted by atomic mass is 10.2. The topological polar surface area (TPSA) is 42.7 Å². The maximum absolute atomic E-state index is 6.24. The van der Waals surface area contributed by atoms with Gasteiger partial charge in [-0.1, -0.05) is 23.8 Å². The van der Waals surface area contributed by atoms with Gasteiger partial charge in [-0.3, -0.25) is 0 Å². The van der Waals surface area contributed by atoms with Gasteiger partial charge in [0.15, 0.2) is 0 Å². The molecule has 0 atom stereocenters. The van der Waals surface area contributed by atoms with Gasteiger partial charge < -0.3 is 9.88 Å². The molecule has 4 rings (SSSR count). The summed E-state index contributed by atoms with van der Waals surface area (Å²) in [6.45, 7) is 2.88. The molecule has 0 bridgehead atoms. The fourth-order valence-corrected chi connectivity index (χ4v) is 4.00. The highest BCUT2D eigenvalue weighted by molar-refractivity contribution is 7.16. The van der Waals surface area contributed by atoms with Gasteiger partial charge in [-0.2, -0.15) is 0 Å². The highest BCUT2D eigenvalue weighted by Gasteiger charge is 2.17. The quantitative estimate of drug-likeness (QED) is 0.711. The molecule has 0 radical (unpaired) electrons. The fraction of sp³-hybridized carbons (Fsp3) is 0.176. The van der Waals surface area contributed by atoms with Crippen LogP contribution in [-0.4, -0.2) is 21.1 Å². The number of halogens is 1. The summed E-state index contributed by atoms with van der Waals surface area (Å²) in [5, 5.41) is 5.81. The smallest absolute Gasteiger partial charge is 0.131 e. The average Bonchev–Trinajstić information content (AvgIpc) is 3.12. The van der Waals surface area contributed by atoms with Crippen LogP contribution < -0.4 is 5.32 Å². The number of hydrogen-bond donors (Lipinski definition) is 1. The van der Waals surface area contributed by atoms with E-state index >= 15 is 0 Å². The summed E-state index contributed by atoms with van der Waals surface area (Å²) in [6.07, 6.45) is 8.23. The Morgan fingerprint density at radius 2 is 2.22 bits per heavy atom. The van der Waals surface area contributed by atoms with Crippen molar-refractivity contribution >= 4 is 39.4 Å². The molecular weight excluding hydrogens is 328 g/mol. The highest BCUT2D eigenvalue weighted by atomic mass is 35.5. The van der Waals surface area contributed by atoms with Crippen LogP contribution in [0.3, 0.4) is 0 Å². The van der Waals surface area contributed by atoms with Crippen LogP contribution in [0.2, 0.25) is 5.15 Å². The molecule has 6 heteroatoms. The SMILES string of the molecule is Cc1nc(C2=CNCC=C2)sc1-c1nc(Cl)cc2c1ccn2C. The van der Waals surface area contributed by atoms with E-state index in [9.17, 15) is 0 Å². The average molecular weight is 343 g/mol. The zero-order chi connectivity index (χ0) is 16.0. The second kappa shape index (κ2) is 5.51. The fourth-order valence-electron chi connectivity index (χ4n) is 2.75. The molecule has 0 unspecified atom stereocenters. The number of allylic oxidation sites excluding steroid dienone is 2. The number of dihydropyridines is 1. The van der Waals surface area contributed by atoms with E-state index < -0.39 is 0 Å². The van der Waals surface area contributed by atoms with Gasteiger partial charge in [0.1, 0.15) is 10.2 Å². The summed E-state index contributed by atoms with van der Waals surface area (Å²) in [6, 6.07) is 3.97. The lowest BCUT2D eigenvalue weighted by Gasteiger charge is -2.05. The molecule has 0 aliphatic carbocycles. The molecule has 0 saturated heterocycles. The first-order chi connectivity index (χ1) is 11.1. The molecule has 0 saturated carbocycles. The maximum atomic E-state index is 6.24. The van der Waals surface area contributed by atoms with Gasteiger partial charge in [-0.15, -0.1) is 11.3 Å². The van der Waals surface area contributed by atoms with Gasteiger partial charge in [0.05, 0.1) is 21.8 Å². The summed E-state index contributed by atoms with van der Waals surface area (Å²) in [7, 11) is 2.01. The number of thiazole rings is 1. The van der Waals surface area contributed by atoms with E-state index in [2.05, 4.69) is 33.1 Å². The standard InChI is InChI=1S/C17H15ClN4S/c1-10-16(23-17(20-10)11-4-3-6-19-9-11)15-12-5-7-22(2)13(12)8-14(18)21-15/h3-5,7-9,19H,6H2,1-2H3. The van der Waals surface area contributed by atoms with Crippen molar-refractivity contribution in [3.05, 3.63) is 52.5 Å². The molecule has 1 aliphatic heterocycles. The first-order valence-corrected chi connectivity index (χ1v) is 8.53. The molecule has 4 nitrogen and oxygen atoms in total. The summed E-state index contributed by atoms with van der Waals surface area (Å²) < 4.78 is 2.06. The van der Waals surface area contributed by atoms with Crippen LogP contribution in [0.5, 0.6) is 0 Å². The van der Waals surface area contributed by atoms with Gasteiger partial charge >= 0.3 is 0 Å². The van der Waals surface area contributed by atoms with Crippen molar-refractivity contribution in [3.63, 3.8) is 0 Å². The van der Waals surface area contributed by atoms with Crippen molar-refractivity contribution in [2.45, 2.75) is 6.92 Å². The van der Waals surface area contributed by atoms with Gasteiger partial charge in [0.25, 0.3) is 0 Å². The molecule has 23 heavy (non-hydrogen) atoms. The lowest BCUT2D eigenvalue weighted by molar-refractivity contribution is 0.968. The van der Waals surface area contributed by atoms with Crippen LogP contribution in [0.4, 0.5) is 0 Å². The number of pyridine rings is 1. The molecule has 1 N–H and O–H groups in total. The number of aromatic nitrogens is 3.